The number of nitrogens with zero attached hydrogens (tertiary/aromatic N) is 3. The molecule has 2 aliphatic rings. The summed E-state index contributed by atoms with van der Waals surface area (Å²) in [6, 6.07) is 21.9. The molecule has 2 fully saturated rings. The fraction of sp³-hybridized carbons (Fsp3) is 0.290. The van der Waals surface area contributed by atoms with E-state index in [2.05, 4.69) is 14.8 Å². The summed E-state index contributed by atoms with van der Waals surface area (Å²) in [4.78, 5) is 36.4. The van der Waals surface area contributed by atoms with Crippen LogP contribution >= 0.6 is 11.6 Å². The normalized spacial score (nSPS) is 18.0. The lowest BCUT2D eigenvalue weighted by atomic mass is 9.93. The van der Waals surface area contributed by atoms with Crippen LogP contribution in [0.4, 0.5) is 15.8 Å². The molecule has 0 saturated carbocycles. The number of carbonyl (C=O) groups is 1. The summed E-state index contributed by atoms with van der Waals surface area (Å²) in [5, 5.41) is 1.48. The van der Waals surface area contributed by atoms with E-state index in [4.69, 9.17) is 11.6 Å². The van der Waals surface area contributed by atoms with Crippen molar-refractivity contribution in [1.82, 2.24) is 9.88 Å². The number of aromatic nitrogens is 1. The number of H-pyrrole nitrogens is 1. The predicted molar refractivity (Wildman–Crippen MR) is 155 cm³/mol. The highest BCUT2D eigenvalue weighted by Crippen LogP contribution is 2.37. The number of anilines is 2. The van der Waals surface area contributed by atoms with Crippen LogP contribution in [0.25, 0.3) is 22.0 Å². The Labute approximate surface area is 231 Å². The van der Waals surface area contributed by atoms with Crippen LogP contribution in [0.3, 0.4) is 0 Å². The maximum Gasteiger partial charge on any atom is 0.272 e. The number of hydrogen-bond acceptors (Lipinski definition) is 4. The lowest BCUT2D eigenvalue weighted by molar-refractivity contribution is -0.136. The van der Waals surface area contributed by atoms with Crippen LogP contribution in [0, 0.1) is 11.7 Å². The molecule has 0 radical (unpaired) electrons. The standard InChI is InChI=1S/C31H30ClFN4O2/c32-23-8-13-27-26(19-23)28(21-5-2-1-3-6-21)29(30(38)34-27)37-14-4-7-22(20-37)31(39)36-17-15-35(16-18-36)25-11-9-24(33)10-12-25/h1-3,5-6,8-13,19,22H,4,7,14-18,20H2,(H,34,38)/t22-/m1/s1. The number of pyridine rings is 1. The minimum Gasteiger partial charge on any atom is -0.368 e. The lowest BCUT2D eigenvalue weighted by Gasteiger charge is -2.40. The zero-order valence-corrected chi connectivity index (χ0v) is 22.3. The topological polar surface area (TPSA) is 59.7 Å². The van der Waals surface area contributed by atoms with Gasteiger partial charge in [-0.05, 0) is 60.9 Å². The second-order valence-electron chi connectivity index (χ2n) is 10.3. The molecule has 3 heterocycles. The first-order valence-corrected chi connectivity index (χ1v) is 13.8. The predicted octanol–water partition coefficient (Wildman–Crippen LogP) is 5.55. The summed E-state index contributed by atoms with van der Waals surface area (Å²) in [5.74, 6) is -0.299. The van der Waals surface area contributed by atoms with Gasteiger partial charge in [0.15, 0.2) is 0 Å². The van der Waals surface area contributed by atoms with Crippen LogP contribution in [-0.4, -0.2) is 55.1 Å². The number of carbonyl (C=O) groups excluding carboxylic acids is 1. The molecule has 200 valence electrons. The first-order valence-electron chi connectivity index (χ1n) is 13.4. The van der Waals surface area contributed by atoms with E-state index in [0.29, 0.717) is 50.0 Å². The monoisotopic (exact) mass is 544 g/mol. The number of benzene rings is 3. The summed E-state index contributed by atoms with van der Waals surface area (Å²) in [6.07, 6.45) is 1.62. The molecule has 39 heavy (non-hydrogen) atoms. The van der Waals surface area contributed by atoms with Crippen molar-refractivity contribution in [3.05, 3.63) is 94.0 Å². The van der Waals surface area contributed by atoms with Gasteiger partial charge < -0.3 is 19.7 Å². The zero-order valence-electron chi connectivity index (χ0n) is 21.6. The van der Waals surface area contributed by atoms with E-state index in [9.17, 15) is 14.0 Å². The van der Waals surface area contributed by atoms with Gasteiger partial charge in [0.2, 0.25) is 5.91 Å². The molecule has 4 aromatic rings. The number of hydrogen-bond donors (Lipinski definition) is 1. The second-order valence-corrected chi connectivity index (χ2v) is 10.7. The van der Waals surface area contributed by atoms with Gasteiger partial charge in [-0.2, -0.15) is 0 Å². The van der Waals surface area contributed by atoms with Crippen LogP contribution in [-0.2, 0) is 4.79 Å². The Morgan fingerprint density at radius 1 is 0.897 bits per heavy atom. The van der Waals surface area contributed by atoms with Gasteiger partial charge in [-0.1, -0.05) is 41.9 Å². The number of fused-ring (bicyclic) bond motifs is 1. The van der Waals surface area contributed by atoms with Crippen LogP contribution in [0.15, 0.2) is 77.6 Å². The van der Waals surface area contributed by atoms with Crippen molar-refractivity contribution in [1.29, 1.82) is 0 Å². The molecule has 3 aromatic carbocycles. The highest BCUT2D eigenvalue weighted by Gasteiger charge is 2.33. The summed E-state index contributed by atoms with van der Waals surface area (Å²) in [7, 11) is 0. The van der Waals surface area contributed by atoms with Crippen molar-refractivity contribution >= 4 is 39.8 Å². The number of halogens is 2. The third-order valence-corrected chi connectivity index (χ3v) is 8.12. The molecule has 6 rings (SSSR count). The van der Waals surface area contributed by atoms with Crippen LogP contribution in [0.2, 0.25) is 5.02 Å². The molecule has 0 aliphatic carbocycles. The zero-order chi connectivity index (χ0) is 26.9. The third kappa shape index (κ3) is 5.11. The summed E-state index contributed by atoms with van der Waals surface area (Å²) in [5.41, 5.74) is 3.92. The molecule has 0 spiro atoms. The van der Waals surface area contributed by atoms with Gasteiger partial charge in [0.1, 0.15) is 11.5 Å². The summed E-state index contributed by atoms with van der Waals surface area (Å²) >= 11 is 6.39. The molecule has 0 bridgehead atoms. The van der Waals surface area contributed by atoms with Gasteiger partial charge in [0, 0.05) is 66.4 Å². The van der Waals surface area contributed by atoms with Crippen LogP contribution < -0.4 is 15.4 Å². The van der Waals surface area contributed by atoms with E-state index in [0.717, 1.165) is 40.6 Å². The van der Waals surface area contributed by atoms with Crippen molar-refractivity contribution in [2.24, 2.45) is 5.92 Å². The molecular formula is C31H30ClFN4O2. The Kier molecular flexibility index (Phi) is 7.00. The first-order chi connectivity index (χ1) is 19.0. The molecule has 8 heteroatoms. The molecule has 1 N–H and O–H groups in total. The van der Waals surface area contributed by atoms with Crippen LogP contribution in [0.1, 0.15) is 12.8 Å². The molecule has 1 aromatic heterocycles. The molecule has 2 saturated heterocycles. The van der Waals surface area contributed by atoms with E-state index in [1.807, 2.05) is 47.4 Å². The number of amides is 1. The second kappa shape index (κ2) is 10.7. The smallest absolute Gasteiger partial charge is 0.272 e. The van der Waals surface area contributed by atoms with Crippen molar-refractivity contribution in [2.45, 2.75) is 12.8 Å². The lowest BCUT2D eigenvalue weighted by Crippen LogP contribution is -2.53. The highest BCUT2D eigenvalue weighted by atomic mass is 35.5. The minimum absolute atomic E-state index is 0.139. The Bertz CT molecular complexity index is 1550. The number of nitrogens with one attached hydrogen (secondary N) is 1. The SMILES string of the molecule is O=C([C@@H]1CCCN(c2c(-c3ccccc3)c3cc(Cl)ccc3[nH]c2=O)C1)N1CCN(c2ccc(F)cc2)CC1. The summed E-state index contributed by atoms with van der Waals surface area (Å²) < 4.78 is 13.3. The maximum atomic E-state index is 13.6. The van der Waals surface area contributed by atoms with E-state index >= 15 is 0 Å². The quantitative estimate of drug-likeness (QED) is 0.366. The van der Waals surface area contributed by atoms with Crippen molar-refractivity contribution in [3.63, 3.8) is 0 Å². The fourth-order valence-electron chi connectivity index (χ4n) is 5.93. The van der Waals surface area contributed by atoms with E-state index in [1.54, 1.807) is 18.2 Å². The Morgan fingerprint density at radius 2 is 1.64 bits per heavy atom. The van der Waals surface area contributed by atoms with E-state index < -0.39 is 0 Å². The summed E-state index contributed by atoms with van der Waals surface area (Å²) in [6.45, 7) is 3.85. The Hall–Kier alpha value is -3.84. The molecule has 2 aliphatic heterocycles. The van der Waals surface area contributed by atoms with Crippen LogP contribution in [0.5, 0.6) is 0 Å². The number of piperidine rings is 1. The molecular weight excluding hydrogens is 515 g/mol. The highest BCUT2D eigenvalue weighted by molar-refractivity contribution is 6.31. The average molecular weight is 545 g/mol. The number of rotatable bonds is 4. The first kappa shape index (κ1) is 25.4. The maximum absolute atomic E-state index is 13.6. The Morgan fingerprint density at radius 3 is 2.38 bits per heavy atom. The third-order valence-electron chi connectivity index (χ3n) is 7.88. The van der Waals surface area contributed by atoms with Gasteiger partial charge in [-0.25, -0.2) is 4.39 Å². The van der Waals surface area contributed by atoms with Gasteiger partial charge >= 0.3 is 0 Å². The molecule has 1 atom stereocenters. The number of aromatic amines is 1. The van der Waals surface area contributed by atoms with Gasteiger partial charge in [0.25, 0.3) is 5.56 Å². The van der Waals surface area contributed by atoms with Gasteiger partial charge in [-0.3, -0.25) is 9.59 Å². The van der Waals surface area contributed by atoms with E-state index in [1.165, 1.54) is 12.1 Å². The molecule has 6 nitrogen and oxygen atoms in total. The average Bonchev–Trinajstić information content (AvgIpc) is 2.97. The minimum atomic E-state index is -0.252. The fourth-order valence-corrected chi connectivity index (χ4v) is 6.10. The molecule has 1 amide bonds. The van der Waals surface area contributed by atoms with Crippen molar-refractivity contribution in [2.75, 3.05) is 49.1 Å². The van der Waals surface area contributed by atoms with Crippen molar-refractivity contribution in [3.8, 4) is 11.1 Å². The Balaban J connectivity index is 1.25. The molecule has 0 unspecified atom stereocenters. The number of piperazine rings is 1. The van der Waals surface area contributed by atoms with Crippen molar-refractivity contribution < 1.29 is 9.18 Å². The van der Waals surface area contributed by atoms with E-state index in [-0.39, 0.29) is 23.2 Å². The largest absolute Gasteiger partial charge is 0.368 e. The van der Waals surface area contributed by atoms with Gasteiger partial charge in [-0.15, -0.1) is 0 Å². The van der Waals surface area contributed by atoms with Gasteiger partial charge in [0.05, 0.1) is 5.92 Å².